The van der Waals surface area contributed by atoms with Gasteiger partial charge in [0.1, 0.15) is 18.1 Å². The second-order valence-corrected chi connectivity index (χ2v) is 11.9. The molecule has 2 aliphatic carbocycles. The number of nitro benzene ring substituents is 1. The molecule has 0 spiro atoms. The Hall–Kier alpha value is -4.44. The zero-order valence-electron chi connectivity index (χ0n) is 24.3. The molecule has 0 aliphatic heterocycles. The number of non-ortho nitro benzene ring substituents is 1. The SMILES string of the molecule is O=C(C1CCC1)N(Cc1ccc(OCCn2nc(-c3ccc(O)c(Cl)c3)nc2-c2cccc([N+](=O)[O-])c2)cc1)C1CCCC1. The highest BCUT2D eigenvalue weighted by Crippen LogP contribution is 2.34. The summed E-state index contributed by atoms with van der Waals surface area (Å²) in [5.41, 5.74) is 2.16. The molecule has 44 heavy (non-hydrogen) atoms. The molecule has 4 aromatic rings. The van der Waals surface area contributed by atoms with Gasteiger partial charge < -0.3 is 14.7 Å². The summed E-state index contributed by atoms with van der Waals surface area (Å²) in [5.74, 6) is 1.94. The molecule has 2 saturated carbocycles. The summed E-state index contributed by atoms with van der Waals surface area (Å²) in [6.07, 6.45) is 7.70. The summed E-state index contributed by atoms with van der Waals surface area (Å²) in [6, 6.07) is 19.1. The number of phenols is 1. The number of rotatable bonds is 11. The molecule has 0 radical (unpaired) electrons. The van der Waals surface area contributed by atoms with Gasteiger partial charge in [0.2, 0.25) is 5.91 Å². The molecule has 1 N–H and O–H groups in total. The number of nitrogens with zero attached hydrogens (tertiary/aromatic N) is 5. The molecule has 1 heterocycles. The van der Waals surface area contributed by atoms with Crippen molar-refractivity contribution in [3.05, 3.63) is 87.4 Å². The molecule has 1 aromatic heterocycles. The number of phenolic OH excluding ortho intramolecular Hbond substituents is 1. The van der Waals surface area contributed by atoms with Crippen molar-refractivity contribution in [3.8, 4) is 34.3 Å². The summed E-state index contributed by atoms with van der Waals surface area (Å²) in [5, 5.41) is 26.0. The van der Waals surface area contributed by atoms with Gasteiger partial charge in [-0.05, 0) is 61.6 Å². The van der Waals surface area contributed by atoms with Gasteiger partial charge in [-0.25, -0.2) is 9.67 Å². The first-order valence-electron chi connectivity index (χ1n) is 15.1. The molecule has 2 aliphatic rings. The quantitative estimate of drug-likeness (QED) is 0.142. The molecule has 1 amide bonds. The maximum absolute atomic E-state index is 13.2. The number of carbonyl (C=O) groups is 1. The summed E-state index contributed by atoms with van der Waals surface area (Å²) in [4.78, 5) is 30.9. The third-order valence-corrected chi connectivity index (χ3v) is 8.85. The Balaban J connectivity index is 1.16. The number of ether oxygens (including phenoxy) is 1. The van der Waals surface area contributed by atoms with E-state index in [0.717, 1.165) is 37.7 Å². The minimum absolute atomic E-state index is 0.0515. The third kappa shape index (κ3) is 6.55. The van der Waals surface area contributed by atoms with Crippen molar-refractivity contribution in [2.75, 3.05) is 6.61 Å². The van der Waals surface area contributed by atoms with Gasteiger partial charge in [-0.2, -0.15) is 5.10 Å². The van der Waals surface area contributed by atoms with E-state index in [9.17, 15) is 20.0 Å². The Morgan fingerprint density at radius 1 is 1.02 bits per heavy atom. The van der Waals surface area contributed by atoms with Gasteiger partial charge in [0.05, 0.1) is 16.5 Å². The lowest BCUT2D eigenvalue weighted by Crippen LogP contribution is -2.43. The molecule has 0 unspecified atom stereocenters. The zero-order chi connectivity index (χ0) is 30.6. The van der Waals surface area contributed by atoms with Crippen LogP contribution in [-0.2, 0) is 17.9 Å². The van der Waals surface area contributed by atoms with Crippen LogP contribution in [0.15, 0.2) is 66.7 Å². The molecule has 228 valence electrons. The second kappa shape index (κ2) is 13.1. The minimum Gasteiger partial charge on any atom is -0.506 e. The summed E-state index contributed by atoms with van der Waals surface area (Å²) < 4.78 is 7.70. The predicted molar refractivity (Wildman–Crippen MR) is 166 cm³/mol. The number of amides is 1. The van der Waals surface area contributed by atoms with Gasteiger partial charge in [-0.1, -0.05) is 55.1 Å². The molecule has 10 nitrogen and oxygen atoms in total. The number of nitro groups is 1. The Morgan fingerprint density at radius 2 is 1.80 bits per heavy atom. The molecule has 0 saturated heterocycles. The van der Waals surface area contributed by atoms with Gasteiger partial charge in [-0.15, -0.1) is 0 Å². The second-order valence-electron chi connectivity index (χ2n) is 11.5. The zero-order valence-corrected chi connectivity index (χ0v) is 25.0. The van der Waals surface area contributed by atoms with Gasteiger partial charge in [-0.3, -0.25) is 14.9 Å². The van der Waals surface area contributed by atoms with E-state index in [2.05, 4.69) is 15.0 Å². The predicted octanol–water partition coefficient (Wildman–Crippen LogP) is 7.03. The molecular formula is C33H34ClN5O5. The monoisotopic (exact) mass is 615 g/mol. The van der Waals surface area contributed by atoms with Crippen molar-refractivity contribution in [2.24, 2.45) is 5.92 Å². The van der Waals surface area contributed by atoms with Crippen LogP contribution in [0.1, 0.15) is 50.5 Å². The van der Waals surface area contributed by atoms with Crippen LogP contribution in [0.25, 0.3) is 22.8 Å². The van der Waals surface area contributed by atoms with Gasteiger partial charge in [0, 0.05) is 41.8 Å². The van der Waals surface area contributed by atoms with Crippen molar-refractivity contribution in [1.29, 1.82) is 0 Å². The summed E-state index contributed by atoms with van der Waals surface area (Å²) in [7, 11) is 0. The highest BCUT2D eigenvalue weighted by Gasteiger charge is 2.34. The largest absolute Gasteiger partial charge is 0.506 e. The van der Waals surface area contributed by atoms with Crippen molar-refractivity contribution in [1.82, 2.24) is 19.7 Å². The van der Waals surface area contributed by atoms with E-state index >= 15 is 0 Å². The van der Waals surface area contributed by atoms with Crippen LogP contribution in [-0.4, -0.2) is 48.3 Å². The van der Waals surface area contributed by atoms with E-state index in [0.29, 0.717) is 53.6 Å². The van der Waals surface area contributed by atoms with E-state index < -0.39 is 4.92 Å². The molecule has 0 bridgehead atoms. The number of benzene rings is 3. The van der Waals surface area contributed by atoms with Gasteiger partial charge in [0.25, 0.3) is 5.69 Å². The molecule has 0 atom stereocenters. The van der Waals surface area contributed by atoms with E-state index in [1.54, 1.807) is 28.9 Å². The van der Waals surface area contributed by atoms with E-state index in [-0.39, 0.29) is 29.0 Å². The molecule has 11 heteroatoms. The van der Waals surface area contributed by atoms with E-state index in [4.69, 9.17) is 16.3 Å². The van der Waals surface area contributed by atoms with Gasteiger partial charge >= 0.3 is 0 Å². The van der Waals surface area contributed by atoms with Gasteiger partial charge in [0.15, 0.2) is 11.6 Å². The number of aromatic nitrogens is 3. The third-order valence-electron chi connectivity index (χ3n) is 8.54. The lowest BCUT2D eigenvalue weighted by atomic mass is 9.84. The first-order valence-corrected chi connectivity index (χ1v) is 15.4. The average molecular weight is 616 g/mol. The van der Waals surface area contributed by atoms with Crippen LogP contribution in [0.5, 0.6) is 11.5 Å². The number of hydrogen-bond donors (Lipinski definition) is 1. The van der Waals surface area contributed by atoms with Crippen LogP contribution >= 0.6 is 11.6 Å². The van der Waals surface area contributed by atoms with Crippen molar-refractivity contribution in [3.63, 3.8) is 0 Å². The Bertz CT molecular complexity index is 1650. The standard InChI is InChI=1S/C33H34ClN5O5/c34-29-20-24(13-16-30(29)40)31-35-32(25-7-4-10-27(19-25)39(42)43)38(36-31)17-18-44-28-14-11-22(12-15-28)21-37(26-8-1-2-9-26)33(41)23-5-3-6-23/h4,7,10-16,19-20,23,26,40H,1-3,5-6,8-9,17-18,21H2. The number of halogens is 1. The number of aromatic hydroxyl groups is 1. The van der Waals surface area contributed by atoms with Crippen LogP contribution in [0.3, 0.4) is 0 Å². The number of hydrogen-bond acceptors (Lipinski definition) is 7. The Labute approximate surface area is 260 Å². The van der Waals surface area contributed by atoms with Crippen molar-refractivity contribution < 1.29 is 19.6 Å². The van der Waals surface area contributed by atoms with Crippen LogP contribution < -0.4 is 4.74 Å². The first kappa shape index (κ1) is 29.6. The van der Waals surface area contributed by atoms with Crippen LogP contribution in [0.2, 0.25) is 5.02 Å². The summed E-state index contributed by atoms with van der Waals surface area (Å²) in [6.45, 7) is 1.22. The van der Waals surface area contributed by atoms with Crippen molar-refractivity contribution >= 4 is 23.2 Å². The average Bonchev–Trinajstić information content (AvgIpc) is 3.68. The highest BCUT2D eigenvalue weighted by molar-refractivity contribution is 6.32. The van der Waals surface area contributed by atoms with Crippen molar-refractivity contribution in [2.45, 2.75) is 64.1 Å². The van der Waals surface area contributed by atoms with E-state index in [1.165, 1.54) is 31.0 Å². The maximum Gasteiger partial charge on any atom is 0.270 e. The smallest absolute Gasteiger partial charge is 0.270 e. The summed E-state index contributed by atoms with van der Waals surface area (Å²) >= 11 is 6.12. The Kier molecular flexibility index (Phi) is 8.79. The Morgan fingerprint density at radius 3 is 2.48 bits per heavy atom. The minimum atomic E-state index is -0.451. The van der Waals surface area contributed by atoms with Crippen LogP contribution in [0, 0.1) is 16.0 Å². The fraction of sp³-hybridized carbons (Fsp3) is 0.364. The topological polar surface area (TPSA) is 124 Å². The van der Waals surface area contributed by atoms with E-state index in [1.807, 2.05) is 24.3 Å². The first-order chi connectivity index (χ1) is 21.4. The maximum atomic E-state index is 13.2. The van der Waals surface area contributed by atoms with Crippen LogP contribution in [0.4, 0.5) is 5.69 Å². The fourth-order valence-corrected chi connectivity index (χ4v) is 6.05. The molecule has 3 aromatic carbocycles. The molecule has 2 fully saturated rings. The lowest BCUT2D eigenvalue weighted by molar-refractivity contribution is -0.384. The highest BCUT2D eigenvalue weighted by atomic mass is 35.5. The normalized spacial score (nSPS) is 15.2. The molecule has 6 rings (SSSR count). The fourth-order valence-electron chi connectivity index (χ4n) is 5.87. The molecular weight excluding hydrogens is 582 g/mol. The lowest BCUT2D eigenvalue weighted by Gasteiger charge is -2.35. The number of carbonyl (C=O) groups excluding carboxylic acids is 1.